The van der Waals surface area contributed by atoms with Crippen molar-refractivity contribution in [3.05, 3.63) is 68.9 Å². The third-order valence-electron chi connectivity index (χ3n) is 4.56. The van der Waals surface area contributed by atoms with Gasteiger partial charge in [-0.3, -0.25) is 9.20 Å². The molecule has 1 unspecified atom stereocenters. The smallest absolute Gasteiger partial charge is 0.253 e. The average Bonchev–Trinajstić information content (AvgIpc) is 3.52. The molecule has 30 heavy (non-hydrogen) atoms. The van der Waals surface area contributed by atoms with Gasteiger partial charge in [-0.25, -0.2) is 5.01 Å². The van der Waals surface area contributed by atoms with Crippen LogP contribution in [0.4, 0.5) is 0 Å². The first kappa shape index (κ1) is 19.6. The standard InChI is InChI=1S/C19H13Cl2N5O2S2/c20-11-7-12(21)18-22-23-19(25(18)9-11)30-10-17(27)26-14(15-3-1-5-28-15)8-13(24-26)16-4-2-6-29-16/h1-7,9,14H,8,10H2. The first-order valence-electron chi connectivity index (χ1n) is 8.89. The lowest BCUT2D eigenvalue weighted by Gasteiger charge is -2.19. The van der Waals surface area contributed by atoms with E-state index in [1.807, 2.05) is 29.6 Å². The van der Waals surface area contributed by atoms with Crippen molar-refractivity contribution in [1.29, 1.82) is 0 Å². The van der Waals surface area contributed by atoms with Gasteiger partial charge in [0.1, 0.15) is 11.8 Å². The second-order valence-corrected chi connectivity index (χ2v) is 9.20. The van der Waals surface area contributed by atoms with E-state index in [0.717, 1.165) is 10.6 Å². The van der Waals surface area contributed by atoms with Gasteiger partial charge in [-0.15, -0.1) is 21.5 Å². The molecule has 7 nitrogen and oxygen atoms in total. The Morgan fingerprint density at radius 1 is 1.30 bits per heavy atom. The normalized spacial score (nSPS) is 16.4. The van der Waals surface area contributed by atoms with Crippen LogP contribution in [-0.2, 0) is 4.79 Å². The zero-order chi connectivity index (χ0) is 20.7. The molecule has 4 aromatic rings. The number of furan rings is 1. The molecule has 11 heteroatoms. The quantitative estimate of drug-likeness (QED) is 0.371. The topological polar surface area (TPSA) is 76.0 Å². The van der Waals surface area contributed by atoms with Crippen LogP contribution in [0.1, 0.15) is 23.1 Å². The fourth-order valence-electron chi connectivity index (χ4n) is 3.23. The maximum atomic E-state index is 13.1. The highest BCUT2D eigenvalue weighted by atomic mass is 35.5. The highest BCUT2D eigenvalue weighted by molar-refractivity contribution is 7.99. The van der Waals surface area contributed by atoms with Gasteiger partial charge in [-0.2, -0.15) is 5.10 Å². The van der Waals surface area contributed by atoms with Gasteiger partial charge in [0.2, 0.25) is 0 Å². The lowest BCUT2D eigenvalue weighted by atomic mass is 10.1. The first-order chi connectivity index (χ1) is 14.6. The molecule has 0 bridgehead atoms. The third kappa shape index (κ3) is 3.62. The van der Waals surface area contributed by atoms with E-state index >= 15 is 0 Å². The zero-order valence-electron chi connectivity index (χ0n) is 15.2. The summed E-state index contributed by atoms with van der Waals surface area (Å²) in [6, 6.07) is 8.97. The summed E-state index contributed by atoms with van der Waals surface area (Å²) in [5, 5.41) is 17.7. The predicted molar refractivity (Wildman–Crippen MR) is 117 cm³/mol. The van der Waals surface area contributed by atoms with Crippen LogP contribution >= 0.6 is 46.3 Å². The fraction of sp³-hybridized carbons (Fsp3) is 0.158. The van der Waals surface area contributed by atoms with Gasteiger partial charge in [-0.1, -0.05) is 41.0 Å². The summed E-state index contributed by atoms with van der Waals surface area (Å²) in [6.45, 7) is 0. The van der Waals surface area contributed by atoms with E-state index in [-0.39, 0.29) is 17.7 Å². The van der Waals surface area contributed by atoms with Crippen LogP contribution in [0.5, 0.6) is 0 Å². The Kier molecular flexibility index (Phi) is 5.28. The minimum atomic E-state index is -0.274. The fourth-order valence-corrected chi connectivity index (χ4v) is 5.22. The molecule has 5 heterocycles. The first-order valence-corrected chi connectivity index (χ1v) is 11.5. The summed E-state index contributed by atoms with van der Waals surface area (Å²) in [6.07, 6.45) is 3.87. The SMILES string of the molecule is O=C(CSc1nnc2c(Cl)cc(Cl)cn12)N1N=C(c2cccs2)CC1c1ccco1. The lowest BCUT2D eigenvalue weighted by molar-refractivity contribution is -0.130. The number of thioether (sulfide) groups is 1. The second-order valence-electron chi connectivity index (χ2n) is 6.47. The van der Waals surface area contributed by atoms with Gasteiger partial charge in [0.05, 0.1) is 32.7 Å². The number of hydrazone groups is 1. The number of nitrogens with zero attached hydrogens (tertiary/aromatic N) is 5. The molecular formula is C19H13Cl2N5O2S2. The second kappa shape index (κ2) is 8.07. The highest BCUT2D eigenvalue weighted by Crippen LogP contribution is 2.35. The number of fused-ring (bicyclic) bond motifs is 1. The van der Waals surface area contributed by atoms with Gasteiger partial charge in [-0.05, 0) is 29.6 Å². The van der Waals surface area contributed by atoms with E-state index in [2.05, 4.69) is 15.3 Å². The third-order valence-corrected chi connectivity index (χ3v) is 6.89. The number of hydrogen-bond acceptors (Lipinski definition) is 7. The van der Waals surface area contributed by atoms with Crippen LogP contribution in [0.3, 0.4) is 0 Å². The number of thiophene rings is 1. The zero-order valence-corrected chi connectivity index (χ0v) is 18.4. The van der Waals surface area contributed by atoms with Crippen molar-refractivity contribution < 1.29 is 9.21 Å². The van der Waals surface area contributed by atoms with Crippen molar-refractivity contribution in [3.8, 4) is 0 Å². The van der Waals surface area contributed by atoms with Crippen molar-refractivity contribution in [2.75, 3.05) is 5.75 Å². The van der Waals surface area contributed by atoms with E-state index in [1.54, 1.807) is 34.3 Å². The van der Waals surface area contributed by atoms with Crippen molar-refractivity contribution in [2.24, 2.45) is 5.10 Å². The number of carbonyl (C=O) groups excluding carboxylic acids is 1. The molecule has 0 saturated carbocycles. The Balaban J connectivity index is 1.39. The summed E-state index contributed by atoms with van der Waals surface area (Å²) < 4.78 is 7.25. The number of rotatable bonds is 5. The van der Waals surface area contributed by atoms with Crippen LogP contribution < -0.4 is 0 Å². The Bertz CT molecular complexity index is 1240. The summed E-state index contributed by atoms with van der Waals surface area (Å²) in [7, 11) is 0. The molecule has 5 rings (SSSR count). The molecule has 4 aromatic heterocycles. The Labute approximate surface area is 189 Å². The van der Waals surface area contributed by atoms with Crippen LogP contribution in [0, 0.1) is 0 Å². The number of amides is 1. The Morgan fingerprint density at radius 3 is 2.97 bits per heavy atom. The minimum Gasteiger partial charge on any atom is -0.467 e. The molecule has 1 aliphatic rings. The van der Waals surface area contributed by atoms with E-state index in [0.29, 0.717) is 33.0 Å². The van der Waals surface area contributed by atoms with Crippen LogP contribution in [0.25, 0.3) is 5.65 Å². The molecule has 0 fully saturated rings. The van der Waals surface area contributed by atoms with E-state index in [1.165, 1.54) is 16.8 Å². The molecule has 0 radical (unpaired) electrons. The molecule has 0 aromatic carbocycles. The van der Waals surface area contributed by atoms with Gasteiger partial charge in [0.25, 0.3) is 5.91 Å². The number of pyridine rings is 1. The summed E-state index contributed by atoms with van der Waals surface area (Å²) in [4.78, 5) is 14.1. The molecular weight excluding hydrogens is 465 g/mol. The van der Waals surface area contributed by atoms with Crippen LogP contribution in [0.2, 0.25) is 10.0 Å². The molecule has 1 atom stereocenters. The monoisotopic (exact) mass is 477 g/mol. The van der Waals surface area contributed by atoms with Crippen molar-refractivity contribution in [3.63, 3.8) is 0 Å². The Morgan fingerprint density at radius 2 is 2.20 bits per heavy atom. The number of halogens is 2. The molecule has 152 valence electrons. The van der Waals surface area contributed by atoms with E-state index in [4.69, 9.17) is 27.6 Å². The van der Waals surface area contributed by atoms with Gasteiger partial charge in [0, 0.05) is 12.6 Å². The average molecular weight is 478 g/mol. The van der Waals surface area contributed by atoms with Gasteiger partial charge >= 0.3 is 0 Å². The largest absolute Gasteiger partial charge is 0.467 e. The molecule has 0 spiro atoms. The number of hydrogen-bond donors (Lipinski definition) is 0. The van der Waals surface area contributed by atoms with Crippen molar-refractivity contribution in [2.45, 2.75) is 17.6 Å². The molecule has 0 N–H and O–H groups in total. The Hall–Kier alpha value is -2.33. The van der Waals surface area contributed by atoms with E-state index in [9.17, 15) is 4.79 Å². The summed E-state index contributed by atoms with van der Waals surface area (Å²) in [5.74, 6) is 0.677. The van der Waals surface area contributed by atoms with Crippen LogP contribution in [-0.4, -0.2) is 37.0 Å². The van der Waals surface area contributed by atoms with E-state index < -0.39 is 0 Å². The highest BCUT2D eigenvalue weighted by Gasteiger charge is 2.35. The van der Waals surface area contributed by atoms with Crippen molar-refractivity contribution in [1.82, 2.24) is 19.6 Å². The lowest BCUT2D eigenvalue weighted by Crippen LogP contribution is -2.28. The number of aromatic nitrogens is 3. The summed E-state index contributed by atoms with van der Waals surface area (Å²) in [5.41, 5.74) is 1.36. The molecule has 1 aliphatic heterocycles. The predicted octanol–water partition coefficient (Wildman–Crippen LogP) is 5.16. The van der Waals surface area contributed by atoms with Gasteiger partial charge in [0.15, 0.2) is 10.8 Å². The maximum Gasteiger partial charge on any atom is 0.253 e. The van der Waals surface area contributed by atoms with Crippen molar-refractivity contribution >= 4 is 63.6 Å². The molecule has 1 amide bonds. The van der Waals surface area contributed by atoms with Gasteiger partial charge < -0.3 is 4.42 Å². The maximum absolute atomic E-state index is 13.1. The number of carbonyl (C=O) groups is 1. The minimum absolute atomic E-state index is 0.128. The molecule has 0 saturated heterocycles. The summed E-state index contributed by atoms with van der Waals surface area (Å²) >= 11 is 15.1. The molecule has 0 aliphatic carbocycles. The van der Waals surface area contributed by atoms with Crippen LogP contribution in [0.15, 0.2) is 62.8 Å².